The van der Waals surface area contributed by atoms with E-state index in [0.717, 1.165) is 17.9 Å². The van der Waals surface area contributed by atoms with Crippen molar-refractivity contribution >= 4 is 11.3 Å². The minimum Gasteiger partial charge on any atom is -0.329 e. The zero-order valence-corrected chi connectivity index (χ0v) is 11.5. The van der Waals surface area contributed by atoms with E-state index in [9.17, 15) is 0 Å². The molecule has 0 aliphatic carbocycles. The van der Waals surface area contributed by atoms with E-state index < -0.39 is 0 Å². The van der Waals surface area contributed by atoms with Crippen LogP contribution in [0.4, 0.5) is 0 Å². The summed E-state index contributed by atoms with van der Waals surface area (Å²) in [5.74, 6) is 0. The molecule has 2 N–H and O–H groups in total. The first kappa shape index (κ1) is 13.1. The van der Waals surface area contributed by atoms with E-state index in [4.69, 9.17) is 5.73 Å². The molecule has 1 unspecified atom stereocenters. The first-order valence-corrected chi connectivity index (χ1v) is 6.80. The Kier molecular flexibility index (Phi) is 4.41. The van der Waals surface area contributed by atoms with Gasteiger partial charge in [0.05, 0.1) is 22.9 Å². The summed E-state index contributed by atoms with van der Waals surface area (Å²) in [4.78, 5) is 12.2. The molecule has 2 aromatic rings. The third-order valence-electron chi connectivity index (χ3n) is 3.02. The van der Waals surface area contributed by atoms with Crippen LogP contribution in [0.15, 0.2) is 29.9 Å². The van der Waals surface area contributed by atoms with Crippen LogP contribution in [-0.4, -0.2) is 28.5 Å². The first-order chi connectivity index (χ1) is 8.72. The maximum atomic E-state index is 5.88. The normalized spacial score (nSPS) is 12.9. The van der Waals surface area contributed by atoms with Crippen molar-refractivity contribution in [1.82, 2.24) is 14.9 Å². The van der Waals surface area contributed by atoms with Gasteiger partial charge in [-0.2, -0.15) is 0 Å². The molecule has 0 spiro atoms. The molecular formula is C13H18N4S. The van der Waals surface area contributed by atoms with Crippen LogP contribution in [0.25, 0.3) is 0 Å². The van der Waals surface area contributed by atoms with Crippen LogP contribution in [0, 0.1) is 6.92 Å². The van der Waals surface area contributed by atoms with E-state index in [0.29, 0.717) is 6.54 Å². The van der Waals surface area contributed by atoms with Gasteiger partial charge in [-0.1, -0.05) is 6.07 Å². The van der Waals surface area contributed by atoms with Gasteiger partial charge in [0, 0.05) is 24.2 Å². The summed E-state index contributed by atoms with van der Waals surface area (Å²) in [7, 11) is 2.07. The van der Waals surface area contributed by atoms with Gasteiger partial charge in [-0.3, -0.25) is 9.88 Å². The van der Waals surface area contributed by atoms with Crippen molar-refractivity contribution in [3.63, 3.8) is 0 Å². The summed E-state index contributed by atoms with van der Waals surface area (Å²) >= 11 is 1.69. The van der Waals surface area contributed by atoms with Crippen LogP contribution in [-0.2, 0) is 6.54 Å². The number of hydrogen-bond donors (Lipinski definition) is 1. The summed E-state index contributed by atoms with van der Waals surface area (Å²) in [5, 5.41) is 0. The van der Waals surface area contributed by atoms with Crippen LogP contribution in [0.3, 0.4) is 0 Å². The maximum absolute atomic E-state index is 5.88. The zero-order chi connectivity index (χ0) is 13.0. The lowest BCUT2D eigenvalue weighted by atomic mass is 10.1. The lowest BCUT2D eigenvalue weighted by Gasteiger charge is -2.26. The summed E-state index contributed by atoms with van der Waals surface area (Å²) in [6, 6.07) is 6.09. The highest BCUT2D eigenvalue weighted by molar-refractivity contribution is 7.09. The average molecular weight is 262 g/mol. The van der Waals surface area contributed by atoms with E-state index in [2.05, 4.69) is 21.9 Å². The number of aryl methyl sites for hydroxylation is 1. The smallest absolute Gasteiger partial charge is 0.0798 e. The molecule has 5 heteroatoms. The Morgan fingerprint density at radius 2 is 2.22 bits per heavy atom. The molecular weight excluding hydrogens is 244 g/mol. The number of aromatic nitrogens is 2. The molecule has 4 nitrogen and oxygen atoms in total. The largest absolute Gasteiger partial charge is 0.329 e. The van der Waals surface area contributed by atoms with E-state index >= 15 is 0 Å². The van der Waals surface area contributed by atoms with Crippen molar-refractivity contribution in [1.29, 1.82) is 0 Å². The molecule has 0 radical (unpaired) electrons. The molecule has 1 atom stereocenters. The predicted molar refractivity (Wildman–Crippen MR) is 74.4 cm³/mol. The third kappa shape index (κ3) is 2.93. The highest BCUT2D eigenvalue weighted by atomic mass is 32.1. The molecule has 0 aliphatic heterocycles. The topological polar surface area (TPSA) is 55.0 Å². The fourth-order valence-corrected chi connectivity index (χ4v) is 2.75. The van der Waals surface area contributed by atoms with Crippen molar-refractivity contribution in [3.8, 4) is 0 Å². The van der Waals surface area contributed by atoms with Crippen molar-refractivity contribution < 1.29 is 0 Å². The number of hydrogen-bond acceptors (Lipinski definition) is 5. The van der Waals surface area contributed by atoms with Gasteiger partial charge in [0.25, 0.3) is 0 Å². The van der Waals surface area contributed by atoms with E-state index in [1.165, 1.54) is 4.88 Å². The van der Waals surface area contributed by atoms with Crippen LogP contribution >= 0.6 is 11.3 Å². The molecule has 96 valence electrons. The standard InChI is InChI=1S/C13H18N4S/c1-10-13(18-9-16-10)8-17(2)12(7-14)11-5-3-4-6-15-11/h3-6,9,12H,7-8,14H2,1-2H3. The lowest BCUT2D eigenvalue weighted by molar-refractivity contribution is 0.239. The number of rotatable bonds is 5. The molecule has 0 bridgehead atoms. The molecule has 0 saturated heterocycles. The van der Waals surface area contributed by atoms with Gasteiger partial charge < -0.3 is 5.73 Å². The number of pyridine rings is 1. The molecule has 2 aromatic heterocycles. The average Bonchev–Trinajstić information content (AvgIpc) is 2.77. The van der Waals surface area contributed by atoms with E-state index in [-0.39, 0.29) is 6.04 Å². The summed E-state index contributed by atoms with van der Waals surface area (Å²) < 4.78 is 0. The second kappa shape index (κ2) is 6.04. The molecule has 18 heavy (non-hydrogen) atoms. The Bertz CT molecular complexity index is 483. The van der Waals surface area contributed by atoms with Gasteiger partial charge in [-0.15, -0.1) is 11.3 Å². The zero-order valence-electron chi connectivity index (χ0n) is 10.7. The fraction of sp³-hybridized carbons (Fsp3) is 0.385. The minimum atomic E-state index is 0.146. The first-order valence-electron chi connectivity index (χ1n) is 5.92. The lowest BCUT2D eigenvalue weighted by Crippen LogP contribution is -2.30. The van der Waals surface area contributed by atoms with Gasteiger partial charge in [-0.05, 0) is 26.1 Å². The molecule has 0 aliphatic rings. The molecule has 0 fully saturated rings. The Labute approximate surface area is 111 Å². The summed E-state index contributed by atoms with van der Waals surface area (Å²) in [5.41, 5.74) is 9.88. The Morgan fingerprint density at radius 3 is 2.78 bits per heavy atom. The van der Waals surface area contributed by atoms with Crippen LogP contribution < -0.4 is 5.73 Å². The molecule has 0 amide bonds. The number of nitrogens with two attached hydrogens (primary N) is 1. The van der Waals surface area contributed by atoms with Gasteiger partial charge in [-0.25, -0.2) is 4.98 Å². The highest BCUT2D eigenvalue weighted by Crippen LogP contribution is 2.21. The number of thiazole rings is 1. The van der Waals surface area contributed by atoms with Gasteiger partial charge >= 0.3 is 0 Å². The minimum absolute atomic E-state index is 0.146. The van der Waals surface area contributed by atoms with Gasteiger partial charge in [0.2, 0.25) is 0 Å². The maximum Gasteiger partial charge on any atom is 0.0798 e. The van der Waals surface area contributed by atoms with Crippen molar-refractivity contribution in [2.45, 2.75) is 19.5 Å². The fourth-order valence-electron chi connectivity index (χ4n) is 1.91. The predicted octanol–water partition coefficient (Wildman–Crippen LogP) is 1.98. The van der Waals surface area contributed by atoms with Crippen molar-refractivity contribution in [3.05, 3.63) is 46.2 Å². The third-order valence-corrected chi connectivity index (χ3v) is 3.94. The SMILES string of the molecule is Cc1ncsc1CN(C)C(CN)c1ccccn1. The van der Waals surface area contributed by atoms with E-state index in [1.54, 1.807) is 11.3 Å². The van der Waals surface area contributed by atoms with Gasteiger partial charge in [0.1, 0.15) is 0 Å². The summed E-state index contributed by atoms with van der Waals surface area (Å²) in [6.45, 7) is 3.46. The van der Waals surface area contributed by atoms with Crippen LogP contribution in [0.1, 0.15) is 22.3 Å². The Balaban J connectivity index is 2.11. The van der Waals surface area contributed by atoms with Crippen molar-refractivity contribution in [2.75, 3.05) is 13.6 Å². The van der Waals surface area contributed by atoms with E-state index in [1.807, 2.05) is 36.8 Å². The molecule has 2 rings (SSSR count). The van der Waals surface area contributed by atoms with Crippen molar-refractivity contribution in [2.24, 2.45) is 5.73 Å². The van der Waals surface area contributed by atoms with Crippen LogP contribution in [0.5, 0.6) is 0 Å². The molecule has 0 aromatic carbocycles. The quantitative estimate of drug-likeness (QED) is 0.895. The Hall–Kier alpha value is -1.30. The Morgan fingerprint density at radius 1 is 1.39 bits per heavy atom. The summed E-state index contributed by atoms with van der Waals surface area (Å²) in [6.07, 6.45) is 1.81. The van der Waals surface area contributed by atoms with Gasteiger partial charge in [0.15, 0.2) is 0 Å². The second-order valence-electron chi connectivity index (χ2n) is 4.28. The monoisotopic (exact) mass is 262 g/mol. The highest BCUT2D eigenvalue weighted by Gasteiger charge is 2.17. The number of likely N-dealkylation sites (N-methyl/N-ethyl adjacent to an activating group) is 1. The second-order valence-corrected chi connectivity index (χ2v) is 5.22. The van der Waals surface area contributed by atoms with Crippen LogP contribution in [0.2, 0.25) is 0 Å². The molecule has 2 heterocycles. The number of nitrogens with zero attached hydrogens (tertiary/aromatic N) is 3. The molecule has 0 saturated carbocycles.